The zero-order valence-corrected chi connectivity index (χ0v) is 16.6. The van der Waals surface area contributed by atoms with E-state index in [0.717, 1.165) is 23.2 Å². The Morgan fingerprint density at radius 1 is 1.04 bits per heavy atom. The highest BCUT2D eigenvalue weighted by molar-refractivity contribution is 9.10. The molecule has 4 rings (SSSR count). The van der Waals surface area contributed by atoms with Gasteiger partial charge in [0.25, 0.3) is 0 Å². The molecule has 1 fully saturated rings. The van der Waals surface area contributed by atoms with Crippen molar-refractivity contribution >= 4 is 37.5 Å². The van der Waals surface area contributed by atoms with Gasteiger partial charge in [0.2, 0.25) is 0 Å². The van der Waals surface area contributed by atoms with Crippen LogP contribution in [0.3, 0.4) is 0 Å². The van der Waals surface area contributed by atoms with Gasteiger partial charge in [0, 0.05) is 17.0 Å². The van der Waals surface area contributed by atoms with Crippen molar-refractivity contribution < 1.29 is 4.74 Å². The van der Waals surface area contributed by atoms with Crippen LogP contribution in [0, 0.1) is 5.92 Å². The highest BCUT2D eigenvalue weighted by atomic mass is 79.9. The quantitative estimate of drug-likeness (QED) is 0.471. The van der Waals surface area contributed by atoms with Gasteiger partial charge in [0.05, 0.1) is 21.8 Å². The van der Waals surface area contributed by atoms with Crippen LogP contribution in [-0.4, -0.2) is 11.6 Å². The maximum atomic E-state index is 5.94. The van der Waals surface area contributed by atoms with Gasteiger partial charge < -0.3 is 4.74 Å². The monoisotopic (exact) mass is 415 g/mol. The average molecular weight is 416 g/mol. The van der Waals surface area contributed by atoms with Crippen LogP contribution in [0.1, 0.15) is 42.2 Å². The second-order valence-electron chi connectivity index (χ2n) is 6.88. The van der Waals surface area contributed by atoms with Gasteiger partial charge >= 0.3 is 0 Å². The van der Waals surface area contributed by atoms with Gasteiger partial charge in [-0.05, 0) is 55.4 Å². The van der Waals surface area contributed by atoms with Crippen LogP contribution in [0.2, 0.25) is 0 Å². The summed E-state index contributed by atoms with van der Waals surface area (Å²) in [5.74, 6) is 1.32. The molecule has 3 aromatic rings. The van der Waals surface area contributed by atoms with Crippen LogP contribution in [-0.2, 0) is 11.3 Å². The molecular formula is C21H22BrNOS. The van der Waals surface area contributed by atoms with E-state index in [1.54, 1.807) is 0 Å². The number of hydrogen-bond donors (Lipinski definition) is 0. The molecule has 0 amide bonds. The Balaban J connectivity index is 1.28. The van der Waals surface area contributed by atoms with Crippen molar-refractivity contribution in [3.05, 3.63) is 63.6 Å². The zero-order chi connectivity index (χ0) is 17.1. The van der Waals surface area contributed by atoms with E-state index >= 15 is 0 Å². The zero-order valence-electron chi connectivity index (χ0n) is 14.2. The van der Waals surface area contributed by atoms with Gasteiger partial charge in [-0.25, -0.2) is 4.98 Å². The van der Waals surface area contributed by atoms with Gasteiger partial charge in [-0.3, -0.25) is 0 Å². The number of hydrogen-bond acceptors (Lipinski definition) is 3. The van der Waals surface area contributed by atoms with E-state index in [0.29, 0.717) is 11.8 Å². The van der Waals surface area contributed by atoms with Crippen molar-refractivity contribution in [2.24, 2.45) is 5.92 Å². The van der Waals surface area contributed by atoms with E-state index in [9.17, 15) is 0 Å². The van der Waals surface area contributed by atoms with Gasteiger partial charge in [0.1, 0.15) is 0 Å². The van der Waals surface area contributed by atoms with Crippen molar-refractivity contribution in [3.63, 3.8) is 0 Å². The second kappa shape index (κ2) is 7.98. The lowest BCUT2D eigenvalue weighted by Crippen LogP contribution is -2.17. The maximum absolute atomic E-state index is 5.94. The minimum atomic E-state index is 0.626. The number of nitrogens with zero attached hydrogens (tertiary/aromatic N) is 1. The molecule has 0 unspecified atom stereocenters. The summed E-state index contributed by atoms with van der Waals surface area (Å²) in [7, 11) is 0. The highest BCUT2D eigenvalue weighted by Gasteiger charge is 2.24. The summed E-state index contributed by atoms with van der Waals surface area (Å²) in [6.45, 7) is 1.61. The summed E-state index contributed by atoms with van der Waals surface area (Å²) >= 11 is 5.41. The molecule has 1 aliphatic carbocycles. The van der Waals surface area contributed by atoms with E-state index in [2.05, 4.69) is 58.4 Å². The number of aromatic nitrogens is 1. The largest absolute Gasteiger partial charge is 0.376 e. The van der Waals surface area contributed by atoms with Gasteiger partial charge in [-0.2, -0.15) is 0 Å². The number of benzene rings is 2. The second-order valence-corrected chi connectivity index (χ2v) is 8.86. The number of rotatable bonds is 5. The smallest absolute Gasteiger partial charge is 0.0969 e. The first kappa shape index (κ1) is 17.2. The molecule has 4 heteroatoms. The molecule has 2 aromatic carbocycles. The number of fused-ring (bicyclic) bond motifs is 1. The molecule has 0 saturated heterocycles. The fourth-order valence-corrected chi connectivity index (χ4v) is 5.27. The molecule has 1 aliphatic rings. The molecule has 0 N–H and O–H groups in total. The first-order valence-electron chi connectivity index (χ1n) is 8.95. The lowest BCUT2D eigenvalue weighted by Gasteiger charge is -2.27. The molecule has 0 atom stereocenters. The fourth-order valence-electron chi connectivity index (χ4n) is 3.58. The summed E-state index contributed by atoms with van der Waals surface area (Å²) in [5.41, 5.74) is 2.40. The Hall–Kier alpha value is -1.23. The average Bonchev–Trinajstić information content (AvgIpc) is 3.06. The predicted octanol–water partition coefficient (Wildman–Crippen LogP) is 6.55. The minimum absolute atomic E-state index is 0.626. The Labute approximate surface area is 161 Å². The molecular weight excluding hydrogens is 394 g/mol. The molecule has 0 bridgehead atoms. The summed E-state index contributed by atoms with van der Waals surface area (Å²) < 4.78 is 8.37. The number of ether oxygens (including phenoxy) is 1. The van der Waals surface area contributed by atoms with E-state index in [-0.39, 0.29) is 0 Å². The normalized spacial score (nSPS) is 20.8. The Kier molecular flexibility index (Phi) is 5.49. The van der Waals surface area contributed by atoms with Crippen molar-refractivity contribution in [2.45, 2.75) is 38.2 Å². The Morgan fingerprint density at radius 3 is 2.64 bits per heavy atom. The molecule has 130 valence electrons. The first-order valence-corrected chi connectivity index (χ1v) is 10.6. The number of halogens is 1. The molecule has 1 heterocycles. The maximum Gasteiger partial charge on any atom is 0.0969 e. The summed E-state index contributed by atoms with van der Waals surface area (Å²) in [5, 5.41) is 1.32. The minimum Gasteiger partial charge on any atom is -0.376 e. The van der Waals surface area contributed by atoms with Crippen molar-refractivity contribution in [2.75, 3.05) is 6.61 Å². The molecule has 0 radical (unpaired) electrons. The Bertz CT molecular complexity index is 824. The summed E-state index contributed by atoms with van der Waals surface area (Å²) in [4.78, 5) is 4.87. The third-order valence-electron chi connectivity index (χ3n) is 5.03. The van der Waals surface area contributed by atoms with Gasteiger partial charge in [0.15, 0.2) is 0 Å². The third kappa shape index (κ3) is 4.30. The van der Waals surface area contributed by atoms with Crippen LogP contribution >= 0.6 is 27.3 Å². The van der Waals surface area contributed by atoms with Crippen LogP contribution in [0.25, 0.3) is 10.2 Å². The Morgan fingerprint density at radius 2 is 1.84 bits per heavy atom. The first-order chi connectivity index (χ1) is 12.3. The summed E-state index contributed by atoms with van der Waals surface area (Å²) in [6.07, 6.45) is 4.97. The van der Waals surface area contributed by atoms with Crippen LogP contribution < -0.4 is 0 Å². The predicted molar refractivity (Wildman–Crippen MR) is 108 cm³/mol. The fraction of sp³-hybridized carbons (Fsp3) is 0.381. The molecule has 2 nitrogen and oxygen atoms in total. The van der Waals surface area contributed by atoms with Crippen molar-refractivity contribution in [1.82, 2.24) is 4.98 Å². The molecule has 0 spiro atoms. The van der Waals surface area contributed by atoms with E-state index < -0.39 is 0 Å². The molecule has 1 saturated carbocycles. The lowest BCUT2D eigenvalue weighted by molar-refractivity contribution is 0.0716. The number of thiazole rings is 1. The van der Waals surface area contributed by atoms with Gasteiger partial charge in [-0.15, -0.1) is 11.3 Å². The van der Waals surface area contributed by atoms with Crippen LogP contribution in [0.5, 0.6) is 0 Å². The standard InChI is InChI=1S/C21H22BrNOS/c22-18-10-11-19-20(12-18)25-21(23-19)17-8-6-16(7-9-17)14-24-13-15-4-2-1-3-5-15/h1-5,10-12,16-17H,6-9,13-14H2/t16-,17-. The summed E-state index contributed by atoms with van der Waals surface area (Å²) in [6, 6.07) is 16.8. The molecule has 0 aliphatic heterocycles. The third-order valence-corrected chi connectivity index (χ3v) is 6.70. The van der Waals surface area contributed by atoms with E-state index in [1.165, 1.54) is 41.0 Å². The molecule has 1 aromatic heterocycles. The lowest BCUT2D eigenvalue weighted by atomic mass is 9.83. The SMILES string of the molecule is Brc1ccc2nc([C@H]3CC[C@H](COCc4ccccc4)CC3)sc2c1. The topological polar surface area (TPSA) is 22.1 Å². The van der Waals surface area contributed by atoms with Crippen molar-refractivity contribution in [1.29, 1.82) is 0 Å². The van der Waals surface area contributed by atoms with E-state index in [1.807, 2.05) is 17.4 Å². The van der Waals surface area contributed by atoms with Gasteiger partial charge in [-0.1, -0.05) is 46.3 Å². The highest BCUT2D eigenvalue weighted by Crippen LogP contribution is 2.39. The van der Waals surface area contributed by atoms with Crippen LogP contribution in [0.15, 0.2) is 53.0 Å². The molecule has 25 heavy (non-hydrogen) atoms. The van der Waals surface area contributed by atoms with E-state index in [4.69, 9.17) is 9.72 Å². The van der Waals surface area contributed by atoms with Crippen LogP contribution in [0.4, 0.5) is 0 Å². The van der Waals surface area contributed by atoms with Crippen molar-refractivity contribution in [3.8, 4) is 0 Å².